The summed E-state index contributed by atoms with van der Waals surface area (Å²) >= 11 is 0. The Bertz CT molecular complexity index is 3400. The molecule has 1 aliphatic heterocycles. The molecule has 60 heavy (non-hydrogen) atoms. The summed E-state index contributed by atoms with van der Waals surface area (Å²) in [4.78, 5) is 5.51. The van der Waals surface area contributed by atoms with Crippen molar-refractivity contribution in [3.05, 3.63) is 223 Å². The van der Waals surface area contributed by atoms with Gasteiger partial charge in [-0.3, -0.25) is 0 Å². The normalized spacial score (nSPS) is 13.7. The summed E-state index contributed by atoms with van der Waals surface area (Å²) in [6, 6.07) is 76.1. The van der Waals surface area contributed by atoms with Crippen molar-refractivity contribution in [1.29, 1.82) is 0 Å². The number of hydrogen-bond donors (Lipinski definition) is 2. The summed E-state index contributed by atoms with van der Waals surface area (Å²) in [7, 11) is 0. The fraction of sp³-hybridized carbons (Fsp3) is 0.0179. The fourth-order valence-corrected chi connectivity index (χ4v) is 9.46. The summed E-state index contributed by atoms with van der Waals surface area (Å²) in [6.45, 7) is 0. The minimum Gasteiger partial charge on any atom is -0.371 e. The van der Waals surface area contributed by atoms with Crippen LogP contribution in [0.4, 0.5) is 22.7 Å². The minimum absolute atomic E-state index is 0.214. The summed E-state index contributed by atoms with van der Waals surface area (Å²) in [5.74, 6) is 0. The molecule has 0 spiro atoms. The Morgan fingerprint density at radius 1 is 0.467 bits per heavy atom. The van der Waals surface area contributed by atoms with Crippen molar-refractivity contribution in [2.24, 2.45) is 4.99 Å². The van der Waals surface area contributed by atoms with Gasteiger partial charge in [-0.05, 0) is 92.7 Å². The van der Waals surface area contributed by atoms with Gasteiger partial charge in [0.2, 0.25) is 0 Å². The highest BCUT2D eigenvalue weighted by atomic mass is 15.0. The molecule has 12 rings (SSSR count). The van der Waals surface area contributed by atoms with E-state index in [1.54, 1.807) is 0 Å². The van der Waals surface area contributed by atoms with Gasteiger partial charge in [-0.2, -0.15) is 0 Å². The van der Waals surface area contributed by atoms with Crippen LogP contribution in [0.15, 0.2) is 217 Å². The number of hydrogen-bond acceptors (Lipinski definition) is 3. The zero-order chi connectivity index (χ0) is 39.6. The summed E-state index contributed by atoms with van der Waals surface area (Å²) in [5.41, 5.74) is 13.1. The smallest absolute Gasteiger partial charge is 0.0947 e. The quantitative estimate of drug-likeness (QED) is 0.177. The van der Waals surface area contributed by atoms with E-state index < -0.39 is 0 Å². The number of benzene rings is 10. The van der Waals surface area contributed by atoms with Crippen molar-refractivity contribution in [3.63, 3.8) is 0 Å². The van der Waals surface area contributed by atoms with Crippen molar-refractivity contribution in [3.8, 4) is 16.8 Å². The third-order valence-electron chi connectivity index (χ3n) is 12.2. The molecule has 11 aromatic rings. The van der Waals surface area contributed by atoms with Gasteiger partial charge in [0.25, 0.3) is 0 Å². The number of aliphatic imine (C=N–C) groups is 1. The third kappa shape index (κ3) is 5.49. The van der Waals surface area contributed by atoms with Gasteiger partial charge in [0.15, 0.2) is 0 Å². The second-order valence-corrected chi connectivity index (χ2v) is 15.6. The van der Waals surface area contributed by atoms with Gasteiger partial charge in [-0.1, -0.05) is 158 Å². The molecule has 0 saturated carbocycles. The molecule has 1 aliphatic rings. The van der Waals surface area contributed by atoms with Gasteiger partial charge in [0.1, 0.15) is 0 Å². The second kappa shape index (κ2) is 13.9. The predicted octanol–water partition coefficient (Wildman–Crippen LogP) is 14.9. The van der Waals surface area contributed by atoms with Crippen LogP contribution < -0.4 is 10.6 Å². The molecule has 0 fully saturated rings. The zero-order valence-electron chi connectivity index (χ0n) is 32.7. The van der Waals surface area contributed by atoms with Crippen molar-refractivity contribution < 1.29 is 0 Å². The van der Waals surface area contributed by atoms with Crippen molar-refractivity contribution in [2.75, 3.05) is 10.6 Å². The zero-order valence-corrected chi connectivity index (χ0v) is 32.7. The first kappa shape index (κ1) is 34.1. The molecular weight excluding hydrogens is 729 g/mol. The highest BCUT2D eigenvalue weighted by Gasteiger charge is 2.28. The van der Waals surface area contributed by atoms with E-state index in [9.17, 15) is 0 Å². The lowest BCUT2D eigenvalue weighted by atomic mass is 9.89. The minimum atomic E-state index is -0.214. The standard InChI is InChI=1S/C56H38N4/c1-3-15-36(16-4-1)46-35-39(27-31-47(46)57-40-19-5-2-6-20-40)55-56(59-49-26-14-13-25-48(49)58-55)45-30-34-50(44-24-12-11-23-43(44)45)60-51-32-28-37-17-7-9-21-41(37)53(51)54-42-22-10-8-18-38(42)29-33-52(54)60/h1-35,55,57-58H. The Hall–Kier alpha value is -7.95. The third-order valence-corrected chi connectivity index (χ3v) is 12.2. The van der Waals surface area contributed by atoms with Crippen molar-refractivity contribution >= 4 is 82.6 Å². The van der Waals surface area contributed by atoms with Gasteiger partial charge in [0, 0.05) is 38.7 Å². The van der Waals surface area contributed by atoms with E-state index in [2.05, 4.69) is 221 Å². The summed E-state index contributed by atoms with van der Waals surface area (Å²) in [6.07, 6.45) is 0. The van der Waals surface area contributed by atoms with E-state index in [4.69, 9.17) is 4.99 Å². The molecule has 282 valence electrons. The number of nitrogens with one attached hydrogen (secondary N) is 2. The number of anilines is 3. The van der Waals surface area contributed by atoms with E-state index in [1.807, 2.05) is 6.07 Å². The maximum atomic E-state index is 5.51. The monoisotopic (exact) mass is 766 g/mol. The topological polar surface area (TPSA) is 41.4 Å². The van der Waals surface area contributed by atoms with E-state index >= 15 is 0 Å². The maximum Gasteiger partial charge on any atom is 0.0947 e. The molecule has 4 nitrogen and oxygen atoms in total. The van der Waals surface area contributed by atoms with Crippen molar-refractivity contribution in [1.82, 2.24) is 4.57 Å². The van der Waals surface area contributed by atoms with Crippen LogP contribution >= 0.6 is 0 Å². The number of para-hydroxylation sites is 3. The highest BCUT2D eigenvalue weighted by molar-refractivity contribution is 6.29. The van der Waals surface area contributed by atoms with Crippen LogP contribution in [0, 0.1) is 0 Å². The van der Waals surface area contributed by atoms with Gasteiger partial charge < -0.3 is 15.2 Å². The molecule has 0 bridgehead atoms. The van der Waals surface area contributed by atoms with Gasteiger partial charge >= 0.3 is 0 Å². The lowest BCUT2D eigenvalue weighted by molar-refractivity contribution is 1.02. The average molecular weight is 767 g/mol. The van der Waals surface area contributed by atoms with E-state index in [-0.39, 0.29) is 6.04 Å². The van der Waals surface area contributed by atoms with E-state index in [0.717, 1.165) is 61.8 Å². The molecular formula is C56H38N4. The fourth-order valence-electron chi connectivity index (χ4n) is 9.46. The molecule has 1 aromatic heterocycles. The lowest BCUT2D eigenvalue weighted by Gasteiger charge is -2.29. The Kier molecular flexibility index (Phi) is 7.88. The Morgan fingerprint density at radius 2 is 1.07 bits per heavy atom. The number of fused-ring (bicyclic) bond motifs is 9. The summed E-state index contributed by atoms with van der Waals surface area (Å²) < 4.78 is 2.48. The van der Waals surface area contributed by atoms with Crippen LogP contribution in [0.5, 0.6) is 0 Å². The molecule has 0 aliphatic carbocycles. The maximum absolute atomic E-state index is 5.51. The molecule has 1 atom stereocenters. The Balaban J connectivity index is 1.07. The SMILES string of the molecule is c1ccc(Nc2ccc(C3Nc4ccccc4N=C3c3ccc(-n4c5ccc6ccccc6c5c5c6ccccc6ccc54)c4ccccc34)cc2-c2ccccc2)cc1. The first-order valence-corrected chi connectivity index (χ1v) is 20.6. The van der Waals surface area contributed by atoms with Crippen molar-refractivity contribution in [2.45, 2.75) is 6.04 Å². The Labute approximate surface area is 347 Å². The van der Waals surface area contributed by atoms with E-state index in [1.165, 1.54) is 48.7 Å². The van der Waals surface area contributed by atoms with Crippen LogP contribution in [0.1, 0.15) is 17.2 Å². The molecule has 10 aromatic carbocycles. The van der Waals surface area contributed by atoms with Crippen LogP contribution in [-0.4, -0.2) is 10.3 Å². The number of rotatable bonds is 6. The van der Waals surface area contributed by atoms with Gasteiger partial charge in [-0.25, -0.2) is 4.99 Å². The summed E-state index contributed by atoms with van der Waals surface area (Å²) in [5, 5.41) is 17.5. The molecule has 2 heterocycles. The molecule has 0 saturated heterocycles. The second-order valence-electron chi connectivity index (χ2n) is 15.6. The largest absolute Gasteiger partial charge is 0.371 e. The number of aromatic nitrogens is 1. The number of nitrogens with zero attached hydrogens (tertiary/aromatic N) is 2. The van der Waals surface area contributed by atoms with Crippen LogP contribution in [0.2, 0.25) is 0 Å². The van der Waals surface area contributed by atoms with Gasteiger partial charge in [-0.15, -0.1) is 0 Å². The van der Waals surface area contributed by atoms with Crippen LogP contribution in [0.3, 0.4) is 0 Å². The first-order valence-electron chi connectivity index (χ1n) is 20.6. The first-order chi connectivity index (χ1) is 29.8. The molecule has 4 heteroatoms. The predicted molar refractivity (Wildman–Crippen MR) is 254 cm³/mol. The molecule has 2 N–H and O–H groups in total. The molecule has 0 amide bonds. The van der Waals surface area contributed by atoms with Gasteiger partial charge in [0.05, 0.1) is 39.8 Å². The molecule has 0 radical (unpaired) electrons. The average Bonchev–Trinajstić information content (AvgIpc) is 3.67. The lowest BCUT2D eigenvalue weighted by Crippen LogP contribution is -2.25. The molecule has 1 unspecified atom stereocenters. The van der Waals surface area contributed by atoms with Crippen LogP contribution in [-0.2, 0) is 0 Å². The van der Waals surface area contributed by atoms with E-state index in [0.29, 0.717) is 0 Å². The Morgan fingerprint density at radius 3 is 1.78 bits per heavy atom. The van der Waals surface area contributed by atoms with Crippen LogP contribution in [0.25, 0.3) is 70.9 Å². The highest BCUT2D eigenvalue weighted by Crippen LogP contribution is 2.44.